The lowest BCUT2D eigenvalue weighted by Crippen LogP contribution is -2.24. The zero-order chi connectivity index (χ0) is 14.9. The molecule has 1 aromatic heterocycles. The van der Waals surface area contributed by atoms with E-state index >= 15 is 0 Å². The van der Waals surface area contributed by atoms with Gasteiger partial charge in [-0.05, 0) is 45.1 Å². The molecule has 1 N–H and O–H groups in total. The smallest absolute Gasteiger partial charge is 0.323 e. The van der Waals surface area contributed by atoms with Crippen LogP contribution in [0.15, 0.2) is 18.2 Å². The van der Waals surface area contributed by atoms with Gasteiger partial charge in [0.25, 0.3) is 0 Å². The number of carbonyl (C=O) groups is 1. The molecule has 0 saturated carbocycles. The van der Waals surface area contributed by atoms with Crippen LogP contribution in [0.25, 0.3) is 11.0 Å². The van der Waals surface area contributed by atoms with Gasteiger partial charge in [-0.15, -0.1) is 0 Å². The van der Waals surface area contributed by atoms with Gasteiger partial charge in [-0.1, -0.05) is 13.0 Å². The van der Waals surface area contributed by atoms with Crippen LogP contribution in [0.4, 0.5) is 0 Å². The summed E-state index contributed by atoms with van der Waals surface area (Å²) in [5, 5.41) is 9.15. The van der Waals surface area contributed by atoms with Crippen molar-refractivity contribution in [1.29, 1.82) is 0 Å². The maximum Gasteiger partial charge on any atom is 0.323 e. The molecule has 20 heavy (non-hydrogen) atoms. The number of rotatable bonds is 5. The van der Waals surface area contributed by atoms with E-state index in [1.54, 1.807) is 0 Å². The first-order valence-corrected chi connectivity index (χ1v) is 6.79. The second-order valence-electron chi connectivity index (χ2n) is 5.33. The SMILES string of the molecule is CCC(c1nc2cc(C)ccc2n1CC(=O)O)N(C)C. The van der Waals surface area contributed by atoms with Crippen LogP contribution in [0.3, 0.4) is 0 Å². The molecule has 0 aliphatic rings. The number of hydrogen-bond donors (Lipinski definition) is 1. The Kier molecular flexibility index (Phi) is 4.09. The van der Waals surface area contributed by atoms with E-state index in [-0.39, 0.29) is 12.6 Å². The van der Waals surface area contributed by atoms with Crippen LogP contribution in [0.2, 0.25) is 0 Å². The third-order valence-corrected chi connectivity index (χ3v) is 3.53. The summed E-state index contributed by atoms with van der Waals surface area (Å²) in [6.45, 7) is 4.04. The van der Waals surface area contributed by atoms with Crippen molar-refractivity contribution < 1.29 is 9.90 Å². The topological polar surface area (TPSA) is 58.4 Å². The number of aryl methyl sites for hydroxylation is 1. The fourth-order valence-corrected chi connectivity index (χ4v) is 2.59. The van der Waals surface area contributed by atoms with Gasteiger partial charge < -0.3 is 9.67 Å². The molecular formula is C15H21N3O2. The Morgan fingerprint density at radius 2 is 2.15 bits per heavy atom. The summed E-state index contributed by atoms with van der Waals surface area (Å²) < 4.78 is 1.81. The number of carboxylic acid groups (broad SMARTS) is 1. The number of fused-ring (bicyclic) bond motifs is 1. The zero-order valence-corrected chi connectivity index (χ0v) is 12.4. The Bertz CT molecular complexity index is 631. The van der Waals surface area contributed by atoms with Gasteiger partial charge in [-0.25, -0.2) is 4.98 Å². The number of imidazole rings is 1. The third kappa shape index (κ3) is 2.67. The van der Waals surface area contributed by atoms with Crippen LogP contribution in [0.1, 0.15) is 30.8 Å². The Labute approximate surface area is 118 Å². The van der Waals surface area contributed by atoms with E-state index in [1.807, 2.05) is 43.8 Å². The number of aromatic nitrogens is 2. The summed E-state index contributed by atoms with van der Waals surface area (Å²) in [6, 6.07) is 6.05. The first-order valence-electron chi connectivity index (χ1n) is 6.79. The fraction of sp³-hybridized carbons (Fsp3) is 0.467. The quantitative estimate of drug-likeness (QED) is 0.910. The molecule has 0 saturated heterocycles. The van der Waals surface area contributed by atoms with Crippen LogP contribution in [-0.4, -0.2) is 39.6 Å². The van der Waals surface area contributed by atoms with Crippen LogP contribution in [-0.2, 0) is 11.3 Å². The maximum absolute atomic E-state index is 11.1. The van der Waals surface area contributed by atoms with Crippen molar-refractivity contribution >= 4 is 17.0 Å². The average molecular weight is 275 g/mol. The minimum atomic E-state index is -0.847. The summed E-state index contributed by atoms with van der Waals surface area (Å²) in [4.78, 5) is 17.9. The normalized spacial score (nSPS) is 13.1. The standard InChI is InChI=1S/C15H21N3O2/c1-5-12(17(3)4)15-16-11-8-10(2)6-7-13(11)18(15)9-14(19)20/h6-8,12H,5,9H2,1-4H3,(H,19,20). The molecule has 2 aromatic rings. The van der Waals surface area contributed by atoms with Gasteiger partial charge in [-0.2, -0.15) is 0 Å². The molecular weight excluding hydrogens is 254 g/mol. The highest BCUT2D eigenvalue weighted by molar-refractivity contribution is 5.79. The summed E-state index contributed by atoms with van der Waals surface area (Å²) in [5.41, 5.74) is 2.87. The lowest BCUT2D eigenvalue weighted by molar-refractivity contribution is -0.137. The second-order valence-corrected chi connectivity index (χ2v) is 5.33. The van der Waals surface area contributed by atoms with E-state index in [0.29, 0.717) is 0 Å². The van der Waals surface area contributed by atoms with E-state index in [0.717, 1.165) is 28.8 Å². The first kappa shape index (κ1) is 14.5. The molecule has 5 heteroatoms. The third-order valence-electron chi connectivity index (χ3n) is 3.53. The molecule has 1 atom stereocenters. The molecule has 1 unspecified atom stereocenters. The van der Waals surface area contributed by atoms with Crippen LogP contribution in [0, 0.1) is 6.92 Å². The van der Waals surface area contributed by atoms with Gasteiger partial charge in [0.2, 0.25) is 0 Å². The molecule has 108 valence electrons. The lowest BCUT2D eigenvalue weighted by Gasteiger charge is -2.23. The minimum absolute atomic E-state index is 0.0563. The van der Waals surface area contributed by atoms with E-state index in [1.165, 1.54) is 0 Å². The zero-order valence-electron chi connectivity index (χ0n) is 12.4. The largest absolute Gasteiger partial charge is 0.480 e. The van der Waals surface area contributed by atoms with Gasteiger partial charge in [-0.3, -0.25) is 9.69 Å². The number of benzene rings is 1. The number of carboxylic acids is 1. The van der Waals surface area contributed by atoms with Crippen LogP contribution >= 0.6 is 0 Å². The van der Waals surface area contributed by atoms with Crippen molar-refractivity contribution in [1.82, 2.24) is 14.5 Å². The van der Waals surface area contributed by atoms with Gasteiger partial charge >= 0.3 is 5.97 Å². The highest BCUT2D eigenvalue weighted by atomic mass is 16.4. The highest BCUT2D eigenvalue weighted by Crippen LogP contribution is 2.26. The average Bonchev–Trinajstić information content (AvgIpc) is 2.67. The first-order chi connectivity index (χ1) is 9.43. The summed E-state index contributed by atoms with van der Waals surface area (Å²) in [7, 11) is 3.98. The van der Waals surface area contributed by atoms with Crippen molar-refractivity contribution in [3.8, 4) is 0 Å². The molecule has 0 spiro atoms. The van der Waals surface area contributed by atoms with Gasteiger partial charge in [0.05, 0.1) is 17.1 Å². The lowest BCUT2D eigenvalue weighted by atomic mass is 10.2. The van der Waals surface area contributed by atoms with Crippen LogP contribution < -0.4 is 0 Å². The summed E-state index contributed by atoms with van der Waals surface area (Å²) >= 11 is 0. The fourth-order valence-electron chi connectivity index (χ4n) is 2.59. The monoisotopic (exact) mass is 275 g/mol. The molecule has 0 aliphatic heterocycles. The number of hydrogen-bond acceptors (Lipinski definition) is 3. The number of nitrogens with zero attached hydrogens (tertiary/aromatic N) is 3. The van der Waals surface area contributed by atoms with E-state index in [2.05, 4.69) is 16.8 Å². The van der Waals surface area contributed by atoms with E-state index in [9.17, 15) is 4.79 Å². The minimum Gasteiger partial charge on any atom is -0.480 e. The molecule has 0 radical (unpaired) electrons. The second kappa shape index (κ2) is 5.63. The molecule has 0 bridgehead atoms. The van der Waals surface area contributed by atoms with Crippen molar-refractivity contribution in [2.24, 2.45) is 0 Å². The van der Waals surface area contributed by atoms with Crippen molar-refractivity contribution in [3.63, 3.8) is 0 Å². The Morgan fingerprint density at radius 1 is 1.45 bits per heavy atom. The summed E-state index contributed by atoms with van der Waals surface area (Å²) in [5.74, 6) is -0.0276. The number of aliphatic carboxylic acids is 1. The molecule has 1 heterocycles. The van der Waals surface area contributed by atoms with Crippen LogP contribution in [0.5, 0.6) is 0 Å². The molecule has 5 nitrogen and oxygen atoms in total. The Balaban J connectivity index is 2.64. The maximum atomic E-state index is 11.1. The molecule has 1 aromatic carbocycles. The Morgan fingerprint density at radius 3 is 2.70 bits per heavy atom. The summed E-state index contributed by atoms with van der Waals surface area (Å²) in [6.07, 6.45) is 0.884. The van der Waals surface area contributed by atoms with E-state index < -0.39 is 5.97 Å². The molecule has 0 aliphatic carbocycles. The van der Waals surface area contributed by atoms with Crippen molar-refractivity contribution in [3.05, 3.63) is 29.6 Å². The molecule has 0 fully saturated rings. The van der Waals surface area contributed by atoms with Crippen molar-refractivity contribution in [2.45, 2.75) is 32.9 Å². The molecule has 2 rings (SSSR count). The predicted molar refractivity (Wildman–Crippen MR) is 78.8 cm³/mol. The van der Waals surface area contributed by atoms with E-state index in [4.69, 9.17) is 5.11 Å². The van der Waals surface area contributed by atoms with Gasteiger partial charge in [0.15, 0.2) is 0 Å². The highest BCUT2D eigenvalue weighted by Gasteiger charge is 2.21. The van der Waals surface area contributed by atoms with Gasteiger partial charge in [0.1, 0.15) is 12.4 Å². The van der Waals surface area contributed by atoms with Gasteiger partial charge in [0, 0.05) is 0 Å². The Hall–Kier alpha value is -1.88. The molecule has 0 amide bonds. The van der Waals surface area contributed by atoms with Crippen molar-refractivity contribution in [2.75, 3.05) is 14.1 Å². The predicted octanol–water partition coefficient (Wildman–Crippen LogP) is 2.44.